The number of sulfonamides is 1. The Morgan fingerprint density at radius 3 is 2.35 bits per heavy atom. The van der Waals surface area contributed by atoms with Gasteiger partial charge in [0.25, 0.3) is 0 Å². The van der Waals surface area contributed by atoms with E-state index in [-0.39, 0.29) is 17.2 Å². The lowest BCUT2D eigenvalue weighted by atomic mass is 10.1. The highest BCUT2D eigenvalue weighted by molar-refractivity contribution is 7.89. The Hall–Kier alpha value is -2.05. The van der Waals surface area contributed by atoms with Gasteiger partial charge in [-0.15, -0.1) is 0 Å². The van der Waals surface area contributed by atoms with Crippen molar-refractivity contribution in [3.8, 4) is 11.5 Å². The van der Waals surface area contributed by atoms with Gasteiger partial charge < -0.3 is 9.47 Å². The number of ether oxygens (including phenoxy) is 2. The Kier molecular flexibility index (Phi) is 5.28. The van der Waals surface area contributed by atoms with Gasteiger partial charge in [0.05, 0.1) is 14.2 Å². The minimum atomic E-state index is -3.68. The number of hydrogen-bond donors (Lipinski definition) is 1. The summed E-state index contributed by atoms with van der Waals surface area (Å²) in [4.78, 5) is 0.0885. The van der Waals surface area contributed by atoms with Crippen LogP contribution in [0.25, 0.3) is 0 Å². The van der Waals surface area contributed by atoms with Gasteiger partial charge in [-0.05, 0) is 37.1 Å². The molecule has 0 saturated carbocycles. The van der Waals surface area contributed by atoms with E-state index in [1.807, 2.05) is 32.0 Å². The Morgan fingerprint density at radius 1 is 1.00 bits per heavy atom. The van der Waals surface area contributed by atoms with Gasteiger partial charge in [-0.2, -0.15) is 0 Å². The molecule has 0 aliphatic heterocycles. The quantitative estimate of drug-likeness (QED) is 0.882. The van der Waals surface area contributed by atoms with Gasteiger partial charge in [0.15, 0.2) is 0 Å². The lowest BCUT2D eigenvalue weighted by Crippen LogP contribution is -2.24. The SMILES string of the molecule is COc1ccc(S(=O)(=O)NCc2ccc(C)cc2C)c(OC)c1. The van der Waals surface area contributed by atoms with E-state index in [9.17, 15) is 8.42 Å². The second kappa shape index (κ2) is 7.02. The largest absolute Gasteiger partial charge is 0.497 e. The van der Waals surface area contributed by atoms with Crippen LogP contribution in [0, 0.1) is 13.8 Å². The molecule has 5 nitrogen and oxygen atoms in total. The summed E-state index contributed by atoms with van der Waals surface area (Å²) >= 11 is 0. The number of aryl methyl sites for hydroxylation is 2. The number of nitrogens with one attached hydrogen (secondary N) is 1. The maximum atomic E-state index is 12.5. The minimum absolute atomic E-state index is 0.0885. The molecule has 0 atom stereocenters. The molecule has 0 fully saturated rings. The second-order valence-electron chi connectivity index (χ2n) is 5.27. The molecule has 0 bridgehead atoms. The molecule has 2 rings (SSSR count). The van der Waals surface area contributed by atoms with Gasteiger partial charge >= 0.3 is 0 Å². The maximum absolute atomic E-state index is 12.5. The minimum Gasteiger partial charge on any atom is -0.497 e. The fourth-order valence-electron chi connectivity index (χ4n) is 2.29. The predicted molar refractivity (Wildman–Crippen MR) is 89.5 cm³/mol. The van der Waals surface area contributed by atoms with Crippen molar-refractivity contribution in [2.45, 2.75) is 25.3 Å². The number of methoxy groups -OCH3 is 2. The molecular weight excluding hydrogens is 314 g/mol. The molecule has 1 N–H and O–H groups in total. The maximum Gasteiger partial charge on any atom is 0.244 e. The zero-order chi connectivity index (χ0) is 17.0. The van der Waals surface area contributed by atoms with Crippen LogP contribution in [0.15, 0.2) is 41.3 Å². The van der Waals surface area contributed by atoms with Crippen molar-refractivity contribution < 1.29 is 17.9 Å². The normalized spacial score (nSPS) is 11.3. The molecule has 0 saturated heterocycles. The van der Waals surface area contributed by atoms with Crippen LogP contribution < -0.4 is 14.2 Å². The zero-order valence-corrected chi connectivity index (χ0v) is 14.5. The second-order valence-corrected chi connectivity index (χ2v) is 7.01. The third-order valence-corrected chi connectivity index (χ3v) is 5.05. The average molecular weight is 335 g/mol. The molecule has 0 unspecified atom stereocenters. The fraction of sp³-hybridized carbons (Fsp3) is 0.294. The van der Waals surface area contributed by atoms with Crippen LogP contribution >= 0.6 is 0 Å². The molecule has 2 aromatic rings. The van der Waals surface area contributed by atoms with E-state index in [2.05, 4.69) is 4.72 Å². The van der Waals surface area contributed by atoms with E-state index < -0.39 is 10.0 Å². The van der Waals surface area contributed by atoms with Crippen LogP contribution in [0.4, 0.5) is 0 Å². The van der Waals surface area contributed by atoms with Gasteiger partial charge in [-0.3, -0.25) is 0 Å². The molecule has 2 aromatic carbocycles. The van der Waals surface area contributed by atoms with E-state index in [1.165, 1.54) is 20.3 Å². The molecule has 0 spiro atoms. The summed E-state index contributed by atoms with van der Waals surface area (Å²) in [5.74, 6) is 0.785. The van der Waals surface area contributed by atoms with E-state index in [0.717, 1.165) is 16.7 Å². The van der Waals surface area contributed by atoms with E-state index in [4.69, 9.17) is 9.47 Å². The fourth-order valence-corrected chi connectivity index (χ4v) is 3.45. The standard InChI is InChI=1S/C17H21NO4S/c1-12-5-6-14(13(2)9-12)11-18-23(19,20)17-8-7-15(21-3)10-16(17)22-4/h5-10,18H,11H2,1-4H3. The summed E-state index contributed by atoms with van der Waals surface area (Å²) in [5, 5.41) is 0. The van der Waals surface area contributed by atoms with E-state index in [0.29, 0.717) is 5.75 Å². The highest BCUT2D eigenvalue weighted by Gasteiger charge is 2.20. The van der Waals surface area contributed by atoms with Gasteiger partial charge in [0.2, 0.25) is 10.0 Å². The first kappa shape index (κ1) is 17.3. The molecular formula is C17H21NO4S. The summed E-state index contributed by atoms with van der Waals surface area (Å²) in [7, 11) is -0.740. The van der Waals surface area contributed by atoms with Crippen LogP contribution in [-0.2, 0) is 16.6 Å². The first-order valence-electron chi connectivity index (χ1n) is 7.15. The molecule has 0 radical (unpaired) electrons. The zero-order valence-electron chi connectivity index (χ0n) is 13.7. The van der Waals surface area contributed by atoms with Crippen LogP contribution in [0.5, 0.6) is 11.5 Å². The van der Waals surface area contributed by atoms with Crippen molar-refractivity contribution in [1.82, 2.24) is 4.72 Å². The van der Waals surface area contributed by atoms with Crippen molar-refractivity contribution >= 4 is 10.0 Å². The lowest BCUT2D eigenvalue weighted by Gasteiger charge is -2.13. The smallest absolute Gasteiger partial charge is 0.244 e. The van der Waals surface area contributed by atoms with Gasteiger partial charge in [0, 0.05) is 12.6 Å². The highest BCUT2D eigenvalue weighted by atomic mass is 32.2. The molecule has 23 heavy (non-hydrogen) atoms. The Morgan fingerprint density at radius 2 is 1.74 bits per heavy atom. The molecule has 0 heterocycles. The number of hydrogen-bond acceptors (Lipinski definition) is 4. The average Bonchev–Trinajstić information content (AvgIpc) is 2.53. The third kappa shape index (κ3) is 4.03. The van der Waals surface area contributed by atoms with Crippen LogP contribution in [0.3, 0.4) is 0 Å². The van der Waals surface area contributed by atoms with Crippen LogP contribution in [0.1, 0.15) is 16.7 Å². The summed E-state index contributed by atoms with van der Waals surface area (Å²) < 4.78 is 37.9. The number of benzene rings is 2. The van der Waals surface area contributed by atoms with E-state index >= 15 is 0 Å². The summed E-state index contributed by atoms with van der Waals surface area (Å²) in [6.45, 7) is 4.19. The Bertz CT molecular complexity index is 800. The molecule has 0 amide bonds. The van der Waals surface area contributed by atoms with Crippen molar-refractivity contribution in [1.29, 1.82) is 0 Å². The molecule has 124 valence electrons. The van der Waals surface area contributed by atoms with Crippen LogP contribution in [-0.4, -0.2) is 22.6 Å². The van der Waals surface area contributed by atoms with Crippen molar-refractivity contribution in [2.75, 3.05) is 14.2 Å². The predicted octanol–water partition coefficient (Wildman–Crippen LogP) is 2.80. The first-order valence-corrected chi connectivity index (χ1v) is 8.63. The highest BCUT2D eigenvalue weighted by Crippen LogP contribution is 2.28. The molecule has 6 heteroatoms. The third-order valence-electron chi connectivity index (χ3n) is 3.61. The van der Waals surface area contributed by atoms with Crippen molar-refractivity contribution in [3.63, 3.8) is 0 Å². The molecule has 0 aromatic heterocycles. The first-order chi connectivity index (χ1) is 10.9. The van der Waals surface area contributed by atoms with Gasteiger partial charge in [0.1, 0.15) is 16.4 Å². The molecule has 0 aliphatic rings. The topological polar surface area (TPSA) is 64.6 Å². The summed E-state index contributed by atoms with van der Waals surface area (Å²) in [5.41, 5.74) is 3.13. The van der Waals surface area contributed by atoms with Gasteiger partial charge in [-0.1, -0.05) is 23.8 Å². The number of rotatable bonds is 6. The van der Waals surface area contributed by atoms with E-state index in [1.54, 1.807) is 12.1 Å². The lowest BCUT2D eigenvalue weighted by molar-refractivity contribution is 0.386. The van der Waals surface area contributed by atoms with Crippen molar-refractivity contribution in [2.24, 2.45) is 0 Å². The van der Waals surface area contributed by atoms with Gasteiger partial charge in [-0.25, -0.2) is 13.1 Å². The summed E-state index contributed by atoms with van der Waals surface area (Å²) in [6, 6.07) is 10.5. The summed E-state index contributed by atoms with van der Waals surface area (Å²) in [6.07, 6.45) is 0. The molecule has 0 aliphatic carbocycles. The Labute approximate surface area is 137 Å². The van der Waals surface area contributed by atoms with Crippen LogP contribution in [0.2, 0.25) is 0 Å². The van der Waals surface area contributed by atoms with Crippen molar-refractivity contribution in [3.05, 3.63) is 53.1 Å². The Balaban J connectivity index is 2.25. The monoisotopic (exact) mass is 335 g/mol.